The van der Waals surface area contributed by atoms with Crippen LogP contribution in [0.25, 0.3) is 0 Å². The fraction of sp³-hybridized carbons (Fsp3) is 0.714. The summed E-state index contributed by atoms with van der Waals surface area (Å²) in [6.45, 7) is 3.84. The Morgan fingerprint density at radius 3 is 2.11 bits per heavy atom. The van der Waals surface area contributed by atoms with Crippen molar-refractivity contribution < 1.29 is 9.59 Å². The van der Waals surface area contributed by atoms with Gasteiger partial charge in [0.2, 0.25) is 11.8 Å². The quantitative estimate of drug-likeness (QED) is 0.558. The number of hydrogen-bond donors (Lipinski definition) is 1. The van der Waals surface area contributed by atoms with E-state index in [0.717, 1.165) is 38.8 Å². The summed E-state index contributed by atoms with van der Waals surface area (Å²) in [5.74, 6) is -0.0408. The number of likely N-dealkylation sites (tertiary alicyclic amines) is 1. The van der Waals surface area contributed by atoms with E-state index in [1.807, 2.05) is 12.2 Å². The maximum Gasteiger partial charge on any atom is 0.233 e. The lowest BCUT2D eigenvalue weighted by molar-refractivity contribution is -0.147. The summed E-state index contributed by atoms with van der Waals surface area (Å²) < 4.78 is 0. The number of fused-ring (bicyclic) bond motifs is 1. The summed E-state index contributed by atoms with van der Waals surface area (Å²) in [5.41, 5.74) is -0.267. The molecule has 0 radical (unpaired) electrons. The van der Waals surface area contributed by atoms with Crippen molar-refractivity contribution >= 4 is 11.8 Å². The zero-order valence-corrected chi connectivity index (χ0v) is 10.8. The van der Waals surface area contributed by atoms with Crippen molar-refractivity contribution in [3.8, 4) is 0 Å². The predicted octanol–water partition coefficient (Wildman–Crippen LogP) is 1.08. The Morgan fingerprint density at radius 2 is 1.61 bits per heavy atom. The van der Waals surface area contributed by atoms with Crippen LogP contribution in [0.3, 0.4) is 0 Å². The molecule has 98 valence electrons. The monoisotopic (exact) mass is 248 g/mol. The normalized spacial score (nSPS) is 34.8. The third-order valence-corrected chi connectivity index (χ3v) is 4.73. The van der Waals surface area contributed by atoms with Gasteiger partial charge in [-0.25, -0.2) is 0 Å². The number of piperidine rings is 1. The average molecular weight is 248 g/mol. The molecule has 0 aromatic rings. The van der Waals surface area contributed by atoms with E-state index in [1.54, 1.807) is 4.90 Å². The van der Waals surface area contributed by atoms with Crippen molar-refractivity contribution in [2.24, 2.45) is 11.8 Å². The standard InChI is InChI=1S/C14H20N2O2/c1-14(6-8-15-9-7-14)16-12(17)10-4-2-3-5-11(10)13(16)18/h2-3,10-11,15H,4-9H2,1H3/t10-,11+. The van der Waals surface area contributed by atoms with Crippen molar-refractivity contribution in [3.63, 3.8) is 0 Å². The van der Waals surface area contributed by atoms with E-state index in [2.05, 4.69) is 12.2 Å². The SMILES string of the molecule is CC1(N2C(=O)[C@H]3CC=CC[C@H]3C2=O)CCNCC1. The molecule has 4 nitrogen and oxygen atoms in total. The summed E-state index contributed by atoms with van der Waals surface area (Å²) >= 11 is 0. The van der Waals surface area contributed by atoms with Crippen molar-refractivity contribution in [1.82, 2.24) is 10.2 Å². The molecule has 2 atom stereocenters. The summed E-state index contributed by atoms with van der Waals surface area (Å²) in [6.07, 6.45) is 7.30. The first-order valence-electron chi connectivity index (χ1n) is 6.87. The highest BCUT2D eigenvalue weighted by atomic mass is 16.2. The molecular weight excluding hydrogens is 228 g/mol. The first kappa shape index (κ1) is 11.9. The molecule has 1 N–H and O–H groups in total. The van der Waals surface area contributed by atoms with Gasteiger partial charge in [0.05, 0.1) is 17.4 Å². The van der Waals surface area contributed by atoms with Crippen LogP contribution in [0.1, 0.15) is 32.6 Å². The second kappa shape index (κ2) is 4.19. The number of nitrogens with zero attached hydrogens (tertiary/aromatic N) is 1. The number of amides is 2. The summed E-state index contributed by atoms with van der Waals surface area (Å²) in [5, 5.41) is 3.29. The number of carbonyl (C=O) groups excluding carboxylic acids is 2. The molecule has 2 amide bonds. The van der Waals surface area contributed by atoms with Gasteiger partial charge in [0.15, 0.2) is 0 Å². The number of nitrogens with one attached hydrogen (secondary N) is 1. The molecule has 2 aliphatic heterocycles. The number of hydrogen-bond acceptors (Lipinski definition) is 3. The molecule has 18 heavy (non-hydrogen) atoms. The zero-order chi connectivity index (χ0) is 12.8. The van der Waals surface area contributed by atoms with Crippen molar-refractivity contribution in [3.05, 3.63) is 12.2 Å². The highest BCUT2D eigenvalue weighted by molar-refractivity contribution is 6.06. The van der Waals surface area contributed by atoms with Crippen LogP contribution in [0.4, 0.5) is 0 Å². The molecule has 0 aromatic heterocycles. The second-order valence-corrected chi connectivity index (χ2v) is 5.91. The first-order chi connectivity index (χ1) is 8.63. The van der Waals surface area contributed by atoms with Crippen LogP contribution in [0, 0.1) is 11.8 Å². The molecule has 0 spiro atoms. The van der Waals surface area contributed by atoms with Gasteiger partial charge in [-0.05, 0) is 45.7 Å². The molecule has 2 fully saturated rings. The van der Waals surface area contributed by atoms with E-state index < -0.39 is 0 Å². The highest BCUT2D eigenvalue weighted by Crippen LogP contribution is 2.40. The smallest absolute Gasteiger partial charge is 0.233 e. The van der Waals surface area contributed by atoms with Gasteiger partial charge >= 0.3 is 0 Å². The van der Waals surface area contributed by atoms with Gasteiger partial charge in [-0.2, -0.15) is 0 Å². The Hall–Kier alpha value is -1.16. The Labute approximate surface area is 107 Å². The molecule has 0 aromatic carbocycles. The number of allylic oxidation sites excluding steroid dienone is 2. The molecule has 2 heterocycles. The maximum atomic E-state index is 12.5. The van der Waals surface area contributed by atoms with E-state index >= 15 is 0 Å². The predicted molar refractivity (Wildman–Crippen MR) is 67.7 cm³/mol. The summed E-state index contributed by atoms with van der Waals surface area (Å²) in [4.78, 5) is 26.6. The summed E-state index contributed by atoms with van der Waals surface area (Å²) in [7, 11) is 0. The van der Waals surface area contributed by atoms with Gasteiger partial charge in [0.25, 0.3) is 0 Å². The van der Waals surface area contributed by atoms with Crippen LogP contribution < -0.4 is 5.32 Å². The minimum absolute atomic E-state index is 0.0683. The molecular formula is C14H20N2O2. The second-order valence-electron chi connectivity index (χ2n) is 5.91. The largest absolute Gasteiger partial charge is 0.317 e. The molecule has 3 aliphatic rings. The zero-order valence-electron chi connectivity index (χ0n) is 10.8. The maximum absolute atomic E-state index is 12.5. The molecule has 4 heteroatoms. The van der Waals surface area contributed by atoms with E-state index in [1.165, 1.54) is 0 Å². The van der Waals surface area contributed by atoms with Gasteiger partial charge in [-0.1, -0.05) is 12.2 Å². The number of rotatable bonds is 1. The number of carbonyl (C=O) groups is 2. The molecule has 0 saturated carbocycles. The first-order valence-corrected chi connectivity index (χ1v) is 6.87. The van der Waals surface area contributed by atoms with Crippen LogP contribution in [-0.2, 0) is 9.59 Å². The van der Waals surface area contributed by atoms with Gasteiger partial charge in [-0.3, -0.25) is 14.5 Å². The fourth-order valence-corrected chi connectivity index (χ4v) is 3.52. The van der Waals surface area contributed by atoms with Crippen LogP contribution in [0.5, 0.6) is 0 Å². The molecule has 2 saturated heterocycles. The molecule has 0 unspecified atom stereocenters. The van der Waals surface area contributed by atoms with Crippen molar-refractivity contribution in [2.75, 3.05) is 13.1 Å². The third-order valence-electron chi connectivity index (χ3n) is 4.73. The van der Waals surface area contributed by atoms with E-state index in [9.17, 15) is 9.59 Å². The number of imide groups is 1. The topological polar surface area (TPSA) is 49.4 Å². The van der Waals surface area contributed by atoms with Crippen LogP contribution in [-0.4, -0.2) is 35.3 Å². The van der Waals surface area contributed by atoms with E-state index in [-0.39, 0.29) is 29.2 Å². The lowest BCUT2D eigenvalue weighted by atomic mass is 9.85. The summed E-state index contributed by atoms with van der Waals surface area (Å²) in [6, 6.07) is 0. The van der Waals surface area contributed by atoms with Gasteiger partial charge in [0, 0.05) is 0 Å². The lowest BCUT2D eigenvalue weighted by Crippen LogP contribution is -2.55. The minimum atomic E-state index is -0.267. The highest BCUT2D eigenvalue weighted by Gasteiger charge is 2.53. The van der Waals surface area contributed by atoms with Gasteiger partial charge < -0.3 is 5.32 Å². The average Bonchev–Trinajstić information content (AvgIpc) is 2.64. The van der Waals surface area contributed by atoms with E-state index in [4.69, 9.17) is 0 Å². The van der Waals surface area contributed by atoms with E-state index in [0.29, 0.717) is 0 Å². The Kier molecular flexibility index (Phi) is 2.77. The van der Waals surface area contributed by atoms with Crippen LogP contribution in [0.2, 0.25) is 0 Å². The van der Waals surface area contributed by atoms with Crippen LogP contribution >= 0.6 is 0 Å². The Balaban J connectivity index is 1.89. The fourth-order valence-electron chi connectivity index (χ4n) is 3.52. The van der Waals surface area contributed by atoms with Crippen LogP contribution in [0.15, 0.2) is 12.2 Å². The van der Waals surface area contributed by atoms with Crippen molar-refractivity contribution in [2.45, 2.75) is 38.1 Å². The Bertz CT molecular complexity index is 384. The Morgan fingerprint density at radius 1 is 1.11 bits per heavy atom. The molecule has 1 aliphatic carbocycles. The third kappa shape index (κ3) is 1.62. The minimum Gasteiger partial charge on any atom is -0.317 e. The molecule has 3 rings (SSSR count). The lowest BCUT2D eigenvalue weighted by Gasteiger charge is -2.41. The molecule has 0 bridgehead atoms. The van der Waals surface area contributed by atoms with Gasteiger partial charge in [0.1, 0.15) is 0 Å². The van der Waals surface area contributed by atoms with Gasteiger partial charge in [-0.15, -0.1) is 0 Å². The van der Waals surface area contributed by atoms with Crippen molar-refractivity contribution in [1.29, 1.82) is 0 Å².